The van der Waals surface area contributed by atoms with Gasteiger partial charge < -0.3 is 14.5 Å². The number of benzene rings is 1. The number of amides is 1. The van der Waals surface area contributed by atoms with Gasteiger partial charge in [0.15, 0.2) is 6.10 Å². The molecule has 1 aromatic heterocycles. The van der Waals surface area contributed by atoms with E-state index in [4.69, 9.17) is 9.15 Å². The quantitative estimate of drug-likeness (QED) is 0.785. The lowest BCUT2D eigenvalue weighted by Crippen LogP contribution is -2.38. The summed E-state index contributed by atoms with van der Waals surface area (Å²) in [4.78, 5) is 24.4. The number of rotatable bonds is 7. The van der Waals surface area contributed by atoms with Gasteiger partial charge >= 0.3 is 5.97 Å². The van der Waals surface area contributed by atoms with Crippen LogP contribution >= 0.6 is 0 Å². The van der Waals surface area contributed by atoms with E-state index >= 15 is 0 Å². The zero-order chi connectivity index (χ0) is 17.5. The topological polar surface area (TPSA) is 68.5 Å². The average Bonchev–Trinajstić information content (AvgIpc) is 3.01. The van der Waals surface area contributed by atoms with E-state index in [0.29, 0.717) is 11.3 Å². The minimum absolute atomic E-state index is 0.0967. The highest BCUT2D eigenvalue weighted by Crippen LogP contribution is 2.19. The zero-order valence-corrected chi connectivity index (χ0v) is 14.2. The van der Waals surface area contributed by atoms with Crippen molar-refractivity contribution < 1.29 is 18.7 Å². The third-order valence-corrected chi connectivity index (χ3v) is 3.83. The molecule has 2 rings (SSSR count). The molecule has 2 unspecified atom stereocenters. The van der Waals surface area contributed by atoms with Crippen LogP contribution < -0.4 is 5.32 Å². The van der Waals surface area contributed by atoms with Crippen LogP contribution in [0.4, 0.5) is 0 Å². The van der Waals surface area contributed by atoms with Crippen LogP contribution in [0.25, 0.3) is 0 Å². The number of furan rings is 1. The highest BCUT2D eigenvalue weighted by molar-refractivity contribution is 5.93. The van der Waals surface area contributed by atoms with Gasteiger partial charge in [0, 0.05) is 0 Å². The standard InChI is InChI=1S/C19H23NO4/c1-4-8-17(15-9-6-5-7-10-15)20-18(21)14(3)24-19(22)16-11-12-23-13(16)2/h5-7,9-12,14,17H,4,8H2,1-3H3,(H,20,21). The van der Waals surface area contributed by atoms with E-state index in [9.17, 15) is 9.59 Å². The number of carbonyl (C=O) groups excluding carboxylic acids is 2. The second-order valence-electron chi connectivity index (χ2n) is 5.70. The van der Waals surface area contributed by atoms with Crippen LogP contribution in [0, 0.1) is 6.92 Å². The van der Waals surface area contributed by atoms with Gasteiger partial charge in [-0.1, -0.05) is 43.7 Å². The first-order valence-corrected chi connectivity index (χ1v) is 8.13. The van der Waals surface area contributed by atoms with Crippen LogP contribution in [-0.2, 0) is 9.53 Å². The number of carbonyl (C=O) groups is 2. The van der Waals surface area contributed by atoms with E-state index < -0.39 is 12.1 Å². The molecule has 2 aromatic rings. The Morgan fingerprint density at radius 1 is 1.21 bits per heavy atom. The Balaban J connectivity index is 1.99. The summed E-state index contributed by atoms with van der Waals surface area (Å²) in [6.45, 7) is 5.30. The van der Waals surface area contributed by atoms with Crippen LogP contribution in [0.15, 0.2) is 47.1 Å². The maximum Gasteiger partial charge on any atom is 0.342 e. The van der Waals surface area contributed by atoms with Crippen molar-refractivity contribution in [2.75, 3.05) is 0 Å². The lowest BCUT2D eigenvalue weighted by Gasteiger charge is -2.21. The van der Waals surface area contributed by atoms with Gasteiger partial charge in [0.05, 0.1) is 12.3 Å². The van der Waals surface area contributed by atoms with E-state index in [2.05, 4.69) is 12.2 Å². The Bertz CT molecular complexity index is 678. The summed E-state index contributed by atoms with van der Waals surface area (Å²) < 4.78 is 10.3. The molecule has 2 atom stereocenters. The van der Waals surface area contributed by atoms with Crippen LogP contribution in [-0.4, -0.2) is 18.0 Å². The molecule has 0 fully saturated rings. The van der Waals surface area contributed by atoms with Gasteiger partial charge in [-0.25, -0.2) is 4.79 Å². The molecule has 1 aromatic carbocycles. The van der Waals surface area contributed by atoms with Crippen molar-refractivity contribution in [1.82, 2.24) is 5.32 Å². The second kappa shape index (κ2) is 8.34. The molecule has 1 amide bonds. The smallest absolute Gasteiger partial charge is 0.342 e. The third-order valence-electron chi connectivity index (χ3n) is 3.83. The van der Waals surface area contributed by atoms with Crippen molar-refractivity contribution in [3.05, 3.63) is 59.5 Å². The molecule has 24 heavy (non-hydrogen) atoms. The van der Waals surface area contributed by atoms with Crippen molar-refractivity contribution in [1.29, 1.82) is 0 Å². The molecular weight excluding hydrogens is 306 g/mol. The number of esters is 1. The summed E-state index contributed by atoms with van der Waals surface area (Å²) in [7, 11) is 0. The Labute approximate surface area is 142 Å². The summed E-state index contributed by atoms with van der Waals surface area (Å²) in [6, 6.07) is 11.2. The second-order valence-corrected chi connectivity index (χ2v) is 5.70. The van der Waals surface area contributed by atoms with Crippen molar-refractivity contribution in [2.24, 2.45) is 0 Å². The predicted octanol–water partition coefficient (Wildman–Crippen LogP) is 3.79. The van der Waals surface area contributed by atoms with Gasteiger partial charge in [-0.3, -0.25) is 4.79 Å². The third kappa shape index (κ3) is 4.47. The highest BCUT2D eigenvalue weighted by Gasteiger charge is 2.23. The van der Waals surface area contributed by atoms with E-state index in [1.807, 2.05) is 30.3 Å². The Kier molecular flexibility index (Phi) is 6.18. The highest BCUT2D eigenvalue weighted by atomic mass is 16.5. The Hall–Kier alpha value is -2.56. The molecule has 1 heterocycles. The van der Waals surface area contributed by atoms with E-state index in [-0.39, 0.29) is 11.9 Å². The zero-order valence-electron chi connectivity index (χ0n) is 14.2. The molecule has 0 aliphatic heterocycles. The maximum absolute atomic E-state index is 12.4. The lowest BCUT2D eigenvalue weighted by molar-refractivity contribution is -0.129. The van der Waals surface area contributed by atoms with Crippen LogP contribution in [0.5, 0.6) is 0 Å². The fourth-order valence-electron chi connectivity index (χ4n) is 2.46. The van der Waals surface area contributed by atoms with Gasteiger partial charge in [0.2, 0.25) is 0 Å². The molecule has 0 aliphatic carbocycles. The first-order chi connectivity index (χ1) is 11.5. The van der Waals surface area contributed by atoms with Crippen LogP contribution in [0.3, 0.4) is 0 Å². The largest absolute Gasteiger partial charge is 0.469 e. The molecule has 0 saturated carbocycles. The summed E-state index contributed by atoms with van der Waals surface area (Å²) in [5.41, 5.74) is 1.37. The van der Waals surface area contributed by atoms with Crippen molar-refractivity contribution >= 4 is 11.9 Å². The molecule has 0 spiro atoms. The van der Waals surface area contributed by atoms with Crippen molar-refractivity contribution in [3.8, 4) is 0 Å². The molecule has 128 valence electrons. The Morgan fingerprint density at radius 2 is 1.92 bits per heavy atom. The average molecular weight is 329 g/mol. The number of nitrogens with one attached hydrogen (secondary N) is 1. The number of hydrogen-bond donors (Lipinski definition) is 1. The normalized spacial score (nSPS) is 13.1. The molecule has 0 radical (unpaired) electrons. The van der Waals surface area contributed by atoms with E-state index in [1.165, 1.54) is 12.3 Å². The lowest BCUT2D eigenvalue weighted by atomic mass is 10.0. The maximum atomic E-state index is 12.4. The first kappa shape index (κ1) is 17.8. The molecule has 0 aliphatic rings. The molecule has 0 saturated heterocycles. The first-order valence-electron chi connectivity index (χ1n) is 8.13. The molecular formula is C19H23NO4. The van der Waals surface area contributed by atoms with E-state index in [1.54, 1.807) is 13.8 Å². The summed E-state index contributed by atoms with van der Waals surface area (Å²) >= 11 is 0. The molecule has 5 nitrogen and oxygen atoms in total. The molecule has 0 bridgehead atoms. The minimum atomic E-state index is -0.880. The predicted molar refractivity (Wildman–Crippen MR) is 90.6 cm³/mol. The van der Waals surface area contributed by atoms with E-state index in [0.717, 1.165) is 18.4 Å². The van der Waals surface area contributed by atoms with Gasteiger partial charge in [-0.15, -0.1) is 0 Å². The van der Waals surface area contributed by atoms with Gasteiger partial charge in [-0.05, 0) is 31.9 Å². The number of hydrogen-bond acceptors (Lipinski definition) is 4. The van der Waals surface area contributed by atoms with Gasteiger partial charge in [-0.2, -0.15) is 0 Å². The minimum Gasteiger partial charge on any atom is -0.469 e. The summed E-state index contributed by atoms with van der Waals surface area (Å²) in [6.07, 6.45) is 2.29. The van der Waals surface area contributed by atoms with Crippen molar-refractivity contribution in [3.63, 3.8) is 0 Å². The number of aryl methyl sites for hydroxylation is 1. The Morgan fingerprint density at radius 3 is 2.50 bits per heavy atom. The van der Waals surface area contributed by atoms with Gasteiger partial charge in [0.1, 0.15) is 11.3 Å². The van der Waals surface area contributed by atoms with Crippen LogP contribution in [0.1, 0.15) is 54.4 Å². The molecule has 1 N–H and O–H groups in total. The van der Waals surface area contributed by atoms with Gasteiger partial charge in [0.25, 0.3) is 5.91 Å². The SMILES string of the molecule is CCCC(NC(=O)C(C)OC(=O)c1ccoc1C)c1ccccc1. The molecule has 5 heteroatoms. The number of ether oxygens (including phenoxy) is 1. The monoisotopic (exact) mass is 329 g/mol. The fourth-order valence-corrected chi connectivity index (χ4v) is 2.46. The van der Waals surface area contributed by atoms with Crippen molar-refractivity contribution in [2.45, 2.75) is 45.8 Å². The van der Waals surface area contributed by atoms with Crippen LogP contribution in [0.2, 0.25) is 0 Å². The summed E-state index contributed by atoms with van der Waals surface area (Å²) in [5.74, 6) is -0.400. The summed E-state index contributed by atoms with van der Waals surface area (Å²) in [5, 5.41) is 2.96. The fraction of sp³-hybridized carbons (Fsp3) is 0.368.